The van der Waals surface area contributed by atoms with Gasteiger partial charge in [-0.05, 0) is 54.8 Å². The van der Waals surface area contributed by atoms with Crippen molar-refractivity contribution in [1.82, 2.24) is 20.3 Å². The molecule has 0 radical (unpaired) electrons. The second-order valence-corrected chi connectivity index (χ2v) is 23.1. The van der Waals surface area contributed by atoms with Gasteiger partial charge in [0.2, 0.25) is 5.91 Å². The van der Waals surface area contributed by atoms with Crippen LogP contribution in [0.15, 0.2) is 42.6 Å². The van der Waals surface area contributed by atoms with Crippen LogP contribution in [0, 0.1) is 24.0 Å². The Balaban J connectivity index is 1.16. The summed E-state index contributed by atoms with van der Waals surface area (Å²) in [6.45, 7) is 11.2. The number of aromatic nitrogens is 3. The van der Waals surface area contributed by atoms with Crippen molar-refractivity contribution in [2.24, 2.45) is 0 Å². The van der Waals surface area contributed by atoms with Gasteiger partial charge in [0.25, 0.3) is 5.69 Å². The fourth-order valence-corrected chi connectivity index (χ4v) is 10.8. The summed E-state index contributed by atoms with van der Waals surface area (Å²) in [4.78, 5) is 164. The predicted octanol–water partition coefficient (Wildman–Crippen LogP) is 1.85. The molecule has 1 aromatic heterocycles. The number of carbonyl (C=O) groups excluding carboxylic acids is 12. The number of benzene rings is 2. The van der Waals surface area contributed by atoms with Crippen LogP contribution >= 0.6 is 0 Å². The zero-order chi connectivity index (χ0) is 74.4. The van der Waals surface area contributed by atoms with Gasteiger partial charge in [0.05, 0.1) is 37.5 Å². The topological polar surface area (TPSA) is 457 Å². The molecule has 101 heavy (non-hydrogen) atoms. The number of carbonyl (C=O) groups is 12. The molecule has 0 bridgehead atoms. The molecule has 2 aromatic carbocycles. The zero-order valence-electron chi connectivity index (χ0n) is 57.3. The van der Waals surface area contributed by atoms with Crippen LogP contribution in [0.4, 0.5) is 5.69 Å². The number of nitro benzene ring substituents is 1. The number of nitrogens with zero attached hydrogens (tertiary/aromatic N) is 4. The molecular weight excluding hydrogens is 1350 g/mol. The Kier molecular flexibility index (Phi) is 30.4. The molecule has 15 atom stereocenters. The third kappa shape index (κ3) is 24.9. The minimum atomic E-state index is -2.10. The Morgan fingerprint density at radius 1 is 0.515 bits per heavy atom. The number of esters is 10. The highest BCUT2D eigenvalue weighted by atomic mass is 16.8. The van der Waals surface area contributed by atoms with Gasteiger partial charge in [-0.2, -0.15) is 0 Å². The van der Waals surface area contributed by atoms with Gasteiger partial charge in [-0.25, -0.2) is 4.68 Å². The molecule has 3 aliphatic rings. The van der Waals surface area contributed by atoms with Crippen LogP contribution in [0.3, 0.4) is 0 Å². The molecule has 37 nitrogen and oxygen atoms in total. The molecular formula is C64H81N5O32. The van der Waals surface area contributed by atoms with E-state index in [9.17, 15) is 67.6 Å². The number of amides is 1. The molecule has 6 rings (SSSR count). The van der Waals surface area contributed by atoms with Crippen molar-refractivity contribution in [2.75, 3.05) is 39.6 Å². The third-order valence-electron chi connectivity index (χ3n) is 14.7. The Morgan fingerprint density at radius 3 is 1.38 bits per heavy atom. The molecule has 0 aliphatic carbocycles. The molecule has 4 heterocycles. The molecule has 0 unspecified atom stereocenters. The number of ether oxygens (including phenoxy) is 18. The van der Waals surface area contributed by atoms with E-state index in [-0.39, 0.29) is 68.8 Å². The van der Waals surface area contributed by atoms with E-state index in [1.165, 1.54) is 23.0 Å². The number of ketones is 1. The molecule has 3 aromatic rings. The average molecular weight is 1430 g/mol. The van der Waals surface area contributed by atoms with Crippen LogP contribution in [-0.2, 0) is 153 Å². The second kappa shape index (κ2) is 38.2. The number of aryl methyl sites for hydroxylation is 2. The van der Waals surface area contributed by atoms with Gasteiger partial charge in [-0.15, -0.1) is 5.10 Å². The van der Waals surface area contributed by atoms with E-state index in [0.29, 0.717) is 22.4 Å². The maximum atomic E-state index is 13.3. The smallest absolute Gasteiger partial charge is 0.303 e. The number of hydrogen-bond donors (Lipinski definition) is 1. The maximum Gasteiger partial charge on any atom is 0.303 e. The third-order valence-corrected chi connectivity index (χ3v) is 14.7. The van der Waals surface area contributed by atoms with Crippen LogP contribution in [0.2, 0.25) is 0 Å². The van der Waals surface area contributed by atoms with E-state index in [1.54, 1.807) is 38.1 Å². The lowest BCUT2D eigenvalue weighted by molar-refractivity contribution is -0.384. The van der Waals surface area contributed by atoms with E-state index in [2.05, 4.69) is 15.6 Å². The summed E-state index contributed by atoms with van der Waals surface area (Å²) in [6.07, 6.45) is -26.3. The minimum absolute atomic E-state index is 0.0426. The summed E-state index contributed by atoms with van der Waals surface area (Å²) >= 11 is 0. The highest BCUT2D eigenvalue weighted by molar-refractivity contribution is 5.98. The van der Waals surface area contributed by atoms with E-state index >= 15 is 0 Å². The van der Waals surface area contributed by atoms with E-state index in [1.807, 2.05) is 0 Å². The van der Waals surface area contributed by atoms with Crippen molar-refractivity contribution in [2.45, 2.75) is 208 Å². The summed E-state index contributed by atoms with van der Waals surface area (Å²) in [5.74, 6) is -9.92. The molecule has 554 valence electrons. The first-order chi connectivity index (χ1) is 47.8. The van der Waals surface area contributed by atoms with E-state index in [0.717, 1.165) is 74.8 Å². The standard InChI is InChI=1S/C64H81N5O32/c1-31-23-44(24-32(2)52(31)88-26-43-13-15-46(16-14-43)69(82)83)47(80)17-18-51(81)65-19-21-84-22-20-68-25-45(66-67-68)27-89-62-59(94-40(10)77)57(92-38(8)75)54(49(97-62)29-86-34(4)71)100-64-61(96-42(12)79)58(93-39(9)76)55(50(99-64)30-87-35(5)72)101-63-60(95-41(11)78)56(91-37(7)74)53(90-36(6)73)48(98-63)28-85-33(3)70/h13-16,23-25,48-50,53-64H,17-22,26-30H2,1-12H3,(H,65,81)/t48-,49-,50-,53-,54-,55-,56+,57+,58+,59-,60-,61-,62-,63-,64-/m1/s1. The van der Waals surface area contributed by atoms with Gasteiger partial charge in [0, 0.05) is 106 Å². The van der Waals surface area contributed by atoms with Crippen LogP contribution in [0.25, 0.3) is 0 Å². The summed E-state index contributed by atoms with van der Waals surface area (Å²) in [5.41, 5.74) is 2.63. The lowest BCUT2D eigenvalue weighted by Crippen LogP contribution is -2.69. The van der Waals surface area contributed by atoms with Crippen LogP contribution in [0.1, 0.15) is 115 Å². The quantitative estimate of drug-likeness (QED) is 0.0223. The number of non-ortho nitro benzene ring substituents is 1. The largest absolute Gasteiger partial charge is 0.488 e. The summed E-state index contributed by atoms with van der Waals surface area (Å²) in [5, 5.41) is 21.9. The van der Waals surface area contributed by atoms with Gasteiger partial charge < -0.3 is 90.6 Å². The maximum absolute atomic E-state index is 13.3. The fourth-order valence-electron chi connectivity index (χ4n) is 10.8. The first kappa shape index (κ1) is 80.3. The van der Waals surface area contributed by atoms with Gasteiger partial charge >= 0.3 is 59.7 Å². The van der Waals surface area contributed by atoms with Crippen LogP contribution in [-0.4, -0.2) is 223 Å². The van der Waals surface area contributed by atoms with Gasteiger partial charge in [0.1, 0.15) is 68.4 Å². The van der Waals surface area contributed by atoms with Crippen molar-refractivity contribution in [3.8, 4) is 5.75 Å². The number of nitro groups is 1. The van der Waals surface area contributed by atoms with E-state index < -0.39 is 183 Å². The monoisotopic (exact) mass is 1430 g/mol. The predicted molar refractivity (Wildman–Crippen MR) is 330 cm³/mol. The summed E-state index contributed by atoms with van der Waals surface area (Å²) in [6, 6.07) is 9.31. The molecule has 3 aliphatic heterocycles. The number of nitrogens with one attached hydrogen (secondary N) is 1. The fraction of sp³-hybridized carbons (Fsp3) is 0.594. The van der Waals surface area contributed by atoms with Crippen molar-refractivity contribution >= 4 is 77.1 Å². The molecule has 37 heteroatoms. The van der Waals surface area contributed by atoms with Crippen LogP contribution < -0.4 is 10.1 Å². The normalized spacial score (nSPS) is 24.6. The molecule has 3 fully saturated rings. The Bertz CT molecular complexity index is 3430. The van der Waals surface area contributed by atoms with Crippen molar-refractivity contribution < 1.29 is 148 Å². The molecule has 1 N–H and O–H groups in total. The van der Waals surface area contributed by atoms with Gasteiger partial charge in [-0.1, -0.05) is 5.21 Å². The van der Waals surface area contributed by atoms with E-state index in [4.69, 9.17) is 85.3 Å². The first-order valence-corrected chi connectivity index (χ1v) is 31.5. The molecule has 0 saturated carbocycles. The number of hydrogen-bond acceptors (Lipinski definition) is 34. The van der Waals surface area contributed by atoms with Crippen molar-refractivity contribution in [3.63, 3.8) is 0 Å². The number of rotatable bonds is 34. The Labute approximate surface area is 577 Å². The summed E-state index contributed by atoms with van der Waals surface area (Å²) < 4.78 is 107. The number of Topliss-reactive ketones (excluding diaryl/α,β-unsaturated/α-hetero) is 1. The first-order valence-electron chi connectivity index (χ1n) is 31.5. The molecule has 3 saturated heterocycles. The lowest BCUT2D eigenvalue weighted by atomic mass is 9.95. The molecule has 0 spiro atoms. The second-order valence-electron chi connectivity index (χ2n) is 23.1. The minimum Gasteiger partial charge on any atom is -0.488 e. The zero-order valence-corrected chi connectivity index (χ0v) is 57.3. The highest BCUT2D eigenvalue weighted by Gasteiger charge is 2.60. The van der Waals surface area contributed by atoms with Crippen LogP contribution in [0.5, 0.6) is 5.75 Å². The average Bonchev–Trinajstić information content (AvgIpc) is 1.19. The van der Waals surface area contributed by atoms with Crippen molar-refractivity contribution in [3.05, 3.63) is 80.7 Å². The van der Waals surface area contributed by atoms with Gasteiger partial charge in [-0.3, -0.25) is 67.6 Å². The SMILES string of the molecule is CC(=O)OC[C@H]1O[C@H](O[C@H]2[C@H](OC(C)=O)[C@@H](OC(C)=O)[C@@H](O[C@H]3[C@H](OC(C)=O)[C@@H](OC(C)=O)[C@H](OCc4cn(CCOCCNC(=O)CCC(=O)c5cc(C)c(OCc6ccc([N+](=O)[O-])cc6)c(C)c5)nn4)O[C@@H]3COC(C)=O)O[C@@H]2COC(C)=O)[C@H](OC(C)=O)[C@@H](OC(C)=O)[C@@H]1OC(C)=O. The Morgan fingerprint density at radius 2 is 0.931 bits per heavy atom. The molecule has 1 amide bonds. The lowest BCUT2D eigenvalue weighted by Gasteiger charge is -2.50. The van der Waals surface area contributed by atoms with Gasteiger partial charge in [0.15, 0.2) is 67.4 Å². The highest BCUT2D eigenvalue weighted by Crippen LogP contribution is 2.39. The summed E-state index contributed by atoms with van der Waals surface area (Å²) in [7, 11) is 0. The van der Waals surface area contributed by atoms with Crippen molar-refractivity contribution in [1.29, 1.82) is 0 Å². The Hall–Kier alpha value is -9.66.